The van der Waals surface area contributed by atoms with Gasteiger partial charge in [-0.2, -0.15) is 0 Å². The van der Waals surface area contributed by atoms with Crippen LogP contribution in [0.25, 0.3) is 21.9 Å². The van der Waals surface area contributed by atoms with Crippen molar-refractivity contribution in [2.24, 2.45) is 29.1 Å². The molecule has 2 aromatic heterocycles. The number of H-pyrrole nitrogens is 1. The molecule has 1 aliphatic rings. The SMILES string of the molecule is [C-]#[N+]c1c(C(=O)OC2C(CC(C)C)CC(C)CC2C(C)(C)C)c2nc(-c3cc(C)ccc3C)[nH]n2c1OC(=O)N(CC=C)CC=C. The summed E-state index contributed by atoms with van der Waals surface area (Å²) in [7, 11) is 0. The topological polar surface area (TPSA) is 93.3 Å². The average molecular weight is 628 g/mol. The van der Waals surface area contributed by atoms with E-state index in [0.29, 0.717) is 17.7 Å². The Morgan fingerprint density at radius 3 is 2.46 bits per heavy atom. The molecule has 0 radical (unpaired) electrons. The number of esters is 1. The fourth-order valence-electron chi connectivity index (χ4n) is 6.84. The summed E-state index contributed by atoms with van der Waals surface area (Å²) in [4.78, 5) is 37.7. The molecule has 1 N–H and O–H groups in total. The third-order valence-corrected chi connectivity index (χ3v) is 8.97. The quantitative estimate of drug-likeness (QED) is 0.138. The van der Waals surface area contributed by atoms with Crippen molar-refractivity contribution in [3.05, 3.63) is 71.6 Å². The van der Waals surface area contributed by atoms with Crippen molar-refractivity contribution in [3.8, 4) is 17.3 Å². The zero-order chi connectivity index (χ0) is 33.9. The highest BCUT2D eigenvalue weighted by Gasteiger charge is 2.45. The van der Waals surface area contributed by atoms with Crippen LogP contribution in [-0.2, 0) is 4.74 Å². The van der Waals surface area contributed by atoms with Gasteiger partial charge in [0, 0.05) is 24.6 Å². The van der Waals surface area contributed by atoms with Crippen molar-refractivity contribution >= 4 is 23.4 Å². The Hall–Kier alpha value is -4.32. The number of nitrogens with zero attached hydrogens (tertiary/aromatic N) is 4. The molecule has 1 aromatic carbocycles. The van der Waals surface area contributed by atoms with E-state index in [0.717, 1.165) is 36.0 Å². The number of aryl methyl sites for hydroxylation is 2. The summed E-state index contributed by atoms with van der Waals surface area (Å²) in [5.41, 5.74) is 2.77. The Kier molecular flexibility index (Phi) is 10.5. The highest BCUT2D eigenvalue weighted by atomic mass is 16.6. The number of fused-ring (bicyclic) bond motifs is 1. The van der Waals surface area contributed by atoms with Gasteiger partial charge in [-0.15, -0.1) is 13.2 Å². The van der Waals surface area contributed by atoms with Crippen molar-refractivity contribution in [1.82, 2.24) is 19.5 Å². The van der Waals surface area contributed by atoms with Crippen molar-refractivity contribution in [2.45, 2.75) is 80.8 Å². The second kappa shape index (κ2) is 14.0. The number of amides is 1. The van der Waals surface area contributed by atoms with E-state index in [9.17, 15) is 9.59 Å². The summed E-state index contributed by atoms with van der Waals surface area (Å²) in [5.74, 6) is 0.975. The molecule has 9 nitrogen and oxygen atoms in total. The molecule has 0 saturated heterocycles. The Balaban J connectivity index is 1.88. The van der Waals surface area contributed by atoms with E-state index in [4.69, 9.17) is 21.0 Å². The summed E-state index contributed by atoms with van der Waals surface area (Å²) in [6.45, 7) is 33.2. The average Bonchev–Trinajstić information content (AvgIpc) is 3.51. The Morgan fingerprint density at radius 1 is 1.20 bits per heavy atom. The molecule has 46 heavy (non-hydrogen) atoms. The summed E-state index contributed by atoms with van der Waals surface area (Å²) in [6.07, 6.45) is 4.96. The highest BCUT2D eigenvalue weighted by Crippen LogP contribution is 2.47. The van der Waals surface area contributed by atoms with Crippen molar-refractivity contribution in [1.29, 1.82) is 0 Å². The molecule has 1 amide bonds. The number of carbonyl (C=O) groups excluding carboxylic acids is 2. The molecule has 1 aliphatic carbocycles. The van der Waals surface area contributed by atoms with Crippen LogP contribution >= 0.6 is 0 Å². The summed E-state index contributed by atoms with van der Waals surface area (Å²) >= 11 is 0. The summed E-state index contributed by atoms with van der Waals surface area (Å²) in [6, 6.07) is 6.01. The van der Waals surface area contributed by atoms with Crippen molar-refractivity contribution in [2.75, 3.05) is 13.1 Å². The maximum Gasteiger partial charge on any atom is 0.416 e. The molecule has 2 heterocycles. The molecule has 0 bridgehead atoms. The van der Waals surface area contributed by atoms with E-state index in [1.54, 1.807) is 12.2 Å². The first kappa shape index (κ1) is 34.6. The van der Waals surface area contributed by atoms with Gasteiger partial charge in [0.15, 0.2) is 11.5 Å². The Bertz CT molecular complexity index is 1640. The van der Waals surface area contributed by atoms with Crippen LogP contribution in [0.5, 0.6) is 5.88 Å². The first-order valence-corrected chi connectivity index (χ1v) is 16.2. The molecule has 4 unspecified atom stereocenters. The van der Waals surface area contributed by atoms with E-state index >= 15 is 0 Å². The number of ether oxygens (including phenoxy) is 2. The lowest BCUT2D eigenvalue weighted by molar-refractivity contribution is -0.0691. The standard InChI is InChI=1S/C37H49N5O4/c1-12-16-41(17-13-2)36(44)46-34-30(38-11)29(33-39-32(40-42(33)34)27-20-23(5)14-15-25(27)7)35(43)45-31-26(18-22(3)4)19-24(6)21-28(31)37(8,9)10/h12-15,20,22,24,26,28,31H,1-2,16-19,21H2,3-10H3,(H,39,40). The minimum Gasteiger partial charge on any atom is -0.459 e. The van der Waals surface area contributed by atoms with Crippen LogP contribution < -0.4 is 4.74 Å². The molecule has 4 atom stereocenters. The molecule has 0 aliphatic heterocycles. The largest absolute Gasteiger partial charge is 0.459 e. The fraction of sp³-hybridized carbons (Fsp3) is 0.514. The second-order valence-electron chi connectivity index (χ2n) is 14.3. The third kappa shape index (κ3) is 7.22. The second-order valence-corrected chi connectivity index (χ2v) is 14.3. The molecule has 4 rings (SSSR count). The van der Waals surface area contributed by atoms with Gasteiger partial charge in [-0.1, -0.05) is 71.4 Å². The van der Waals surface area contributed by atoms with Crippen LogP contribution in [0, 0.1) is 49.5 Å². The van der Waals surface area contributed by atoms with Crippen LogP contribution in [-0.4, -0.2) is 50.8 Å². The van der Waals surface area contributed by atoms with Gasteiger partial charge in [-0.3, -0.25) is 5.10 Å². The van der Waals surface area contributed by atoms with Gasteiger partial charge >= 0.3 is 12.1 Å². The van der Waals surface area contributed by atoms with Gasteiger partial charge in [-0.05, 0) is 67.9 Å². The van der Waals surface area contributed by atoms with E-state index < -0.39 is 12.1 Å². The first-order chi connectivity index (χ1) is 21.7. The van der Waals surface area contributed by atoms with Gasteiger partial charge in [0.1, 0.15) is 11.7 Å². The van der Waals surface area contributed by atoms with Crippen LogP contribution in [0.2, 0.25) is 0 Å². The van der Waals surface area contributed by atoms with Gasteiger partial charge in [0.2, 0.25) is 5.88 Å². The van der Waals surface area contributed by atoms with Crippen LogP contribution in [0.1, 0.15) is 82.3 Å². The lowest BCUT2D eigenvalue weighted by atomic mass is 9.63. The third-order valence-electron chi connectivity index (χ3n) is 8.97. The number of rotatable bonds is 10. The molecule has 9 heteroatoms. The highest BCUT2D eigenvalue weighted by molar-refractivity contribution is 6.05. The molecule has 246 valence electrons. The Labute approximate surface area is 273 Å². The Morgan fingerprint density at radius 2 is 1.87 bits per heavy atom. The van der Waals surface area contributed by atoms with E-state index in [-0.39, 0.29) is 59.2 Å². The maximum atomic E-state index is 14.4. The van der Waals surface area contributed by atoms with Crippen molar-refractivity contribution < 1.29 is 19.1 Å². The van der Waals surface area contributed by atoms with E-state index in [1.807, 2.05) is 32.0 Å². The molecule has 1 fully saturated rings. The minimum absolute atomic E-state index is 0.0147. The van der Waals surface area contributed by atoms with Crippen molar-refractivity contribution in [3.63, 3.8) is 0 Å². The van der Waals surface area contributed by atoms with E-state index in [2.05, 4.69) is 64.6 Å². The monoisotopic (exact) mass is 627 g/mol. The van der Waals surface area contributed by atoms with Gasteiger partial charge in [0.05, 0.1) is 6.57 Å². The van der Waals surface area contributed by atoms with Gasteiger partial charge in [0.25, 0.3) is 5.69 Å². The molecule has 0 spiro atoms. The smallest absolute Gasteiger partial charge is 0.416 e. The number of aromatic nitrogens is 3. The fourth-order valence-corrected chi connectivity index (χ4v) is 6.84. The molecular formula is C37H49N5O4. The van der Waals surface area contributed by atoms with E-state index in [1.165, 1.54) is 9.42 Å². The first-order valence-electron chi connectivity index (χ1n) is 16.2. The van der Waals surface area contributed by atoms with Crippen LogP contribution in [0.3, 0.4) is 0 Å². The van der Waals surface area contributed by atoms with Gasteiger partial charge in [-0.25, -0.2) is 23.9 Å². The predicted octanol–water partition coefficient (Wildman–Crippen LogP) is 8.95. The zero-order valence-electron chi connectivity index (χ0n) is 28.6. The lowest BCUT2D eigenvalue weighted by Gasteiger charge is -2.46. The number of nitrogens with one attached hydrogen (secondary N) is 1. The molecule has 1 saturated carbocycles. The number of carbonyl (C=O) groups is 2. The molecular weight excluding hydrogens is 578 g/mol. The number of hydrogen-bond donors (Lipinski definition) is 1. The maximum absolute atomic E-state index is 14.4. The lowest BCUT2D eigenvalue weighted by Crippen LogP contribution is -2.45. The summed E-state index contributed by atoms with van der Waals surface area (Å²) in [5, 5.41) is 3.20. The predicted molar refractivity (Wildman–Crippen MR) is 182 cm³/mol. The van der Waals surface area contributed by atoms with Crippen LogP contribution in [0.15, 0.2) is 43.5 Å². The molecule has 3 aromatic rings. The normalized spacial score (nSPS) is 19.9. The zero-order valence-corrected chi connectivity index (χ0v) is 28.6. The number of hydrogen-bond acceptors (Lipinski definition) is 5. The summed E-state index contributed by atoms with van der Waals surface area (Å²) < 4.78 is 13.8. The minimum atomic E-state index is -0.710. The number of aromatic amines is 1. The number of benzene rings is 1. The van der Waals surface area contributed by atoms with Crippen LogP contribution in [0.4, 0.5) is 10.5 Å². The van der Waals surface area contributed by atoms with Gasteiger partial charge < -0.3 is 14.4 Å².